The first-order valence-corrected chi connectivity index (χ1v) is 12.4. The number of hydrogen-bond donors (Lipinski definition) is 0. The van der Waals surface area contributed by atoms with Gasteiger partial charge in [-0.1, -0.05) is 87.5 Å². The quantitative estimate of drug-likeness (QED) is 0.399. The maximum atomic E-state index is 2.94. The second-order valence-electron chi connectivity index (χ2n) is 6.06. The number of alkyl halides is 1. The summed E-state index contributed by atoms with van der Waals surface area (Å²) in [4.78, 5) is 1.38. The van der Waals surface area contributed by atoms with Gasteiger partial charge in [0.2, 0.25) is 0 Å². The Labute approximate surface area is 167 Å². The van der Waals surface area contributed by atoms with Gasteiger partial charge in [0, 0.05) is 4.88 Å². The van der Waals surface area contributed by atoms with Gasteiger partial charge in [0.05, 0.1) is 0 Å². The van der Waals surface area contributed by atoms with Crippen molar-refractivity contribution in [2.75, 3.05) is 5.83 Å². The third-order valence-corrected chi connectivity index (χ3v) is 4.87. The van der Waals surface area contributed by atoms with Gasteiger partial charge < -0.3 is 0 Å². The van der Waals surface area contributed by atoms with E-state index in [1.165, 1.54) is 37.0 Å². The molecule has 1 unspecified atom stereocenters. The molecule has 0 bridgehead atoms. The van der Waals surface area contributed by atoms with E-state index in [1.807, 2.05) is 28.7 Å². The molecule has 140 valence electrons. The van der Waals surface area contributed by atoms with E-state index in [0.29, 0.717) is 0 Å². The molecule has 0 aliphatic rings. The Hall–Kier alpha value is -0.120. The Morgan fingerprint density at radius 2 is 1.62 bits per heavy atom. The minimum Gasteiger partial charge on any atom is -0.152 e. The van der Waals surface area contributed by atoms with Crippen molar-refractivity contribution in [2.45, 2.75) is 66.7 Å². The Morgan fingerprint density at radius 3 is 1.88 bits per heavy atom. The van der Waals surface area contributed by atoms with Crippen molar-refractivity contribution in [3.8, 4) is 0 Å². The van der Waals surface area contributed by atoms with Gasteiger partial charge in [-0.2, -0.15) is 11.3 Å². The smallest absolute Gasteiger partial charge is 0.00141 e. The summed E-state index contributed by atoms with van der Waals surface area (Å²) in [5, 5.41) is 6.16. The summed E-state index contributed by atoms with van der Waals surface area (Å²) in [5.41, 5.74) is 0. The van der Waals surface area contributed by atoms with Gasteiger partial charge in [-0.15, -0.1) is 11.3 Å². The average Bonchev–Trinajstić information content (AvgIpc) is 3.30. The standard InChI is InChI=1S/C11H24.C5H6S.C4H4S.CH3Br/c1-5-7-8-11(6-2)9-10(3)4;1-5-3-2-4-6-5;1-2-4-5-3-1;1-2/h10-11H,5-9H2,1-4H3;2-4H,1H3;1-4H;1H3. The van der Waals surface area contributed by atoms with Crippen LogP contribution in [-0.4, -0.2) is 5.83 Å². The molecule has 0 aliphatic carbocycles. The zero-order chi connectivity index (χ0) is 18.6. The maximum absolute atomic E-state index is 2.94. The van der Waals surface area contributed by atoms with Gasteiger partial charge in [0.15, 0.2) is 0 Å². The van der Waals surface area contributed by atoms with Crippen molar-refractivity contribution in [3.63, 3.8) is 0 Å². The fraction of sp³-hybridized carbons (Fsp3) is 0.619. The zero-order valence-corrected chi connectivity index (χ0v) is 19.6. The van der Waals surface area contributed by atoms with Crippen LogP contribution in [0.25, 0.3) is 0 Å². The molecule has 24 heavy (non-hydrogen) atoms. The minimum atomic E-state index is 0.886. The number of unbranched alkanes of at least 4 members (excludes halogenated alkanes) is 1. The van der Waals surface area contributed by atoms with Crippen molar-refractivity contribution in [3.05, 3.63) is 45.3 Å². The van der Waals surface area contributed by atoms with Gasteiger partial charge >= 0.3 is 0 Å². The highest BCUT2D eigenvalue weighted by Crippen LogP contribution is 2.20. The molecule has 0 radical (unpaired) electrons. The van der Waals surface area contributed by atoms with Crippen molar-refractivity contribution in [2.24, 2.45) is 11.8 Å². The van der Waals surface area contributed by atoms with E-state index in [9.17, 15) is 0 Å². The van der Waals surface area contributed by atoms with E-state index in [4.69, 9.17) is 0 Å². The Kier molecular flexibility index (Phi) is 22.8. The molecule has 0 spiro atoms. The average molecular weight is 434 g/mol. The lowest BCUT2D eigenvalue weighted by atomic mass is 9.90. The summed E-state index contributed by atoms with van der Waals surface area (Å²) < 4.78 is 0. The topological polar surface area (TPSA) is 0 Å². The SMILES string of the molecule is CBr.CCCCC(CC)CC(C)C.Cc1cccs1.c1ccsc1. The molecule has 0 nitrogen and oxygen atoms in total. The van der Waals surface area contributed by atoms with Crippen LogP contribution in [0.15, 0.2) is 40.4 Å². The first-order valence-electron chi connectivity index (χ1n) is 8.95. The molecule has 2 rings (SSSR count). The van der Waals surface area contributed by atoms with Crippen LogP contribution in [0.4, 0.5) is 0 Å². The molecule has 0 saturated heterocycles. The van der Waals surface area contributed by atoms with Crippen LogP contribution in [0.5, 0.6) is 0 Å². The van der Waals surface area contributed by atoms with Crippen LogP contribution in [-0.2, 0) is 0 Å². The van der Waals surface area contributed by atoms with Gasteiger partial charge in [-0.05, 0) is 53.2 Å². The lowest BCUT2D eigenvalue weighted by molar-refractivity contribution is 0.366. The van der Waals surface area contributed by atoms with Crippen LogP contribution >= 0.6 is 38.6 Å². The van der Waals surface area contributed by atoms with Gasteiger partial charge in [0.1, 0.15) is 0 Å². The molecule has 3 heteroatoms. The summed E-state index contributed by atoms with van der Waals surface area (Å²) in [6.45, 7) is 11.4. The first-order chi connectivity index (χ1) is 11.6. The van der Waals surface area contributed by atoms with Gasteiger partial charge in [-0.25, -0.2) is 0 Å². The molecule has 0 saturated carbocycles. The molecule has 0 N–H and O–H groups in total. The predicted molar refractivity (Wildman–Crippen MR) is 121 cm³/mol. The van der Waals surface area contributed by atoms with Crippen LogP contribution in [0.1, 0.15) is 64.7 Å². The summed E-state index contributed by atoms with van der Waals surface area (Å²) >= 11 is 6.43. The van der Waals surface area contributed by atoms with Crippen molar-refractivity contribution >= 4 is 38.6 Å². The molecule has 0 amide bonds. The van der Waals surface area contributed by atoms with E-state index in [1.54, 1.807) is 22.7 Å². The highest BCUT2D eigenvalue weighted by Gasteiger charge is 2.07. The molecule has 0 fully saturated rings. The molecule has 1 atom stereocenters. The number of aryl methyl sites for hydroxylation is 1. The van der Waals surface area contributed by atoms with E-state index >= 15 is 0 Å². The van der Waals surface area contributed by atoms with E-state index in [0.717, 1.165) is 11.8 Å². The van der Waals surface area contributed by atoms with E-state index in [-0.39, 0.29) is 0 Å². The number of halogens is 1. The van der Waals surface area contributed by atoms with Crippen molar-refractivity contribution in [1.29, 1.82) is 0 Å². The lowest BCUT2D eigenvalue weighted by Crippen LogP contribution is -2.02. The maximum Gasteiger partial charge on any atom is 0.00141 e. The third-order valence-electron chi connectivity index (χ3n) is 3.44. The summed E-state index contributed by atoms with van der Waals surface area (Å²) in [5.74, 6) is 3.69. The summed E-state index contributed by atoms with van der Waals surface area (Å²) in [6, 6.07) is 8.19. The second-order valence-corrected chi connectivity index (χ2v) is 8.03. The van der Waals surface area contributed by atoms with Crippen molar-refractivity contribution in [1.82, 2.24) is 0 Å². The second kappa shape index (κ2) is 20.9. The number of thiophene rings is 2. The van der Waals surface area contributed by atoms with Gasteiger partial charge in [-0.3, -0.25) is 0 Å². The Morgan fingerprint density at radius 1 is 1.00 bits per heavy atom. The Bertz CT molecular complexity index is 376. The molecular formula is C21H37BrS2. The minimum absolute atomic E-state index is 0.886. The van der Waals surface area contributed by atoms with Gasteiger partial charge in [0.25, 0.3) is 0 Å². The fourth-order valence-electron chi connectivity index (χ4n) is 2.24. The monoisotopic (exact) mass is 432 g/mol. The lowest BCUT2D eigenvalue weighted by Gasteiger charge is -2.16. The first kappa shape index (κ1) is 26.1. The normalized spacial score (nSPS) is 10.5. The number of hydrogen-bond acceptors (Lipinski definition) is 2. The van der Waals surface area contributed by atoms with Crippen LogP contribution < -0.4 is 0 Å². The van der Waals surface area contributed by atoms with Crippen LogP contribution in [0, 0.1) is 18.8 Å². The fourth-order valence-corrected chi connectivity index (χ4v) is 3.22. The van der Waals surface area contributed by atoms with E-state index in [2.05, 4.69) is 68.1 Å². The molecule has 2 heterocycles. The summed E-state index contributed by atoms with van der Waals surface area (Å²) in [6.07, 6.45) is 7.03. The molecule has 0 aliphatic heterocycles. The highest BCUT2D eigenvalue weighted by atomic mass is 79.9. The molecule has 2 aromatic rings. The molecular weight excluding hydrogens is 396 g/mol. The zero-order valence-electron chi connectivity index (χ0n) is 16.4. The largest absolute Gasteiger partial charge is 0.152 e. The third kappa shape index (κ3) is 19.9. The Balaban J connectivity index is 0. The van der Waals surface area contributed by atoms with Crippen molar-refractivity contribution < 1.29 is 0 Å². The van der Waals surface area contributed by atoms with E-state index < -0.39 is 0 Å². The van der Waals surface area contributed by atoms with Crippen LogP contribution in [0.2, 0.25) is 0 Å². The highest BCUT2D eigenvalue weighted by molar-refractivity contribution is 9.08. The van der Waals surface area contributed by atoms with Crippen LogP contribution in [0.3, 0.4) is 0 Å². The molecule has 0 aromatic carbocycles. The number of rotatable bonds is 6. The molecule has 2 aromatic heterocycles. The predicted octanol–water partition coefficient (Wildman–Crippen LogP) is 9.06. The summed E-state index contributed by atoms with van der Waals surface area (Å²) in [7, 11) is 0.